The third-order valence-corrected chi connectivity index (χ3v) is 4.33. The predicted octanol–water partition coefficient (Wildman–Crippen LogP) is 2.87. The highest BCUT2D eigenvalue weighted by Crippen LogP contribution is 2.15. The molecule has 1 aromatic rings. The Morgan fingerprint density at radius 1 is 1.45 bits per heavy atom. The Morgan fingerprint density at radius 3 is 2.75 bits per heavy atom. The quantitative estimate of drug-likeness (QED) is 0.906. The number of benzene rings is 1. The van der Waals surface area contributed by atoms with E-state index in [0.717, 1.165) is 24.4 Å². The summed E-state index contributed by atoms with van der Waals surface area (Å²) >= 11 is 5.88. The maximum Gasteiger partial charge on any atom is 0.224 e. The van der Waals surface area contributed by atoms with Crippen LogP contribution in [0.2, 0.25) is 5.02 Å². The summed E-state index contributed by atoms with van der Waals surface area (Å²) in [6.45, 7) is 3.14. The van der Waals surface area contributed by atoms with Crippen molar-refractivity contribution < 1.29 is 4.79 Å². The van der Waals surface area contributed by atoms with E-state index in [1.807, 2.05) is 36.2 Å². The van der Waals surface area contributed by atoms with Gasteiger partial charge in [-0.05, 0) is 50.4 Å². The largest absolute Gasteiger partial charge is 0.343 e. The standard InChI is InChI=1S/C16H23ClN2O/c1-12(10-13-5-7-14(17)8-6-13)19(2)16(20)11-15-4-3-9-18-15/h5-8,12,15,18H,3-4,9-11H2,1-2H3. The lowest BCUT2D eigenvalue weighted by Gasteiger charge is -2.26. The molecular formula is C16H23ClN2O. The fraction of sp³-hybridized carbons (Fsp3) is 0.562. The van der Waals surface area contributed by atoms with Gasteiger partial charge in [-0.3, -0.25) is 4.79 Å². The number of carbonyl (C=O) groups is 1. The number of nitrogens with zero attached hydrogens (tertiary/aromatic N) is 1. The normalized spacial score (nSPS) is 19.9. The van der Waals surface area contributed by atoms with E-state index in [1.165, 1.54) is 12.0 Å². The van der Waals surface area contributed by atoms with E-state index >= 15 is 0 Å². The Bertz CT molecular complexity index is 440. The van der Waals surface area contributed by atoms with Gasteiger partial charge in [0, 0.05) is 30.6 Å². The van der Waals surface area contributed by atoms with Gasteiger partial charge in [0.05, 0.1) is 0 Å². The molecule has 3 nitrogen and oxygen atoms in total. The average molecular weight is 295 g/mol. The summed E-state index contributed by atoms with van der Waals surface area (Å²) in [5.41, 5.74) is 1.21. The fourth-order valence-corrected chi connectivity index (χ4v) is 2.76. The highest BCUT2D eigenvalue weighted by atomic mass is 35.5. The summed E-state index contributed by atoms with van der Waals surface area (Å²) in [5, 5.41) is 4.12. The van der Waals surface area contributed by atoms with Crippen LogP contribution in [0.25, 0.3) is 0 Å². The first-order chi connectivity index (χ1) is 9.56. The molecule has 0 radical (unpaired) electrons. The molecule has 110 valence electrons. The van der Waals surface area contributed by atoms with E-state index in [0.29, 0.717) is 12.5 Å². The smallest absolute Gasteiger partial charge is 0.224 e. The van der Waals surface area contributed by atoms with Crippen LogP contribution in [0.3, 0.4) is 0 Å². The van der Waals surface area contributed by atoms with E-state index in [4.69, 9.17) is 11.6 Å². The van der Waals surface area contributed by atoms with E-state index in [-0.39, 0.29) is 11.9 Å². The topological polar surface area (TPSA) is 32.3 Å². The molecule has 1 aliphatic heterocycles. The molecule has 4 heteroatoms. The summed E-state index contributed by atoms with van der Waals surface area (Å²) in [7, 11) is 1.90. The molecule has 1 N–H and O–H groups in total. The molecule has 1 fully saturated rings. The SMILES string of the molecule is CC(Cc1ccc(Cl)cc1)N(C)C(=O)CC1CCCN1. The second-order valence-corrected chi connectivity index (χ2v) is 6.12. The maximum atomic E-state index is 12.2. The van der Waals surface area contributed by atoms with Crippen molar-refractivity contribution >= 4 is 17.5 Å². The van der Waals surface area contributed by atoms with Crippen LogP contribution < -0.4 is 5.32 Å². The average Bonchev–Trinajstić information content (AvgIpc) is 2.93. The minimum atomic E-state index is 0.199. The first-order valence-electron chi connectivity index (χ1n) is 7.29. The van der Waals surface area contributed by atoms with Crippen molar-refractivity contribution in [2.24, 2.45) is 0 Å². The summed E-state index contributed by atoms with van der Waals surface area (Å²) in [6, 6.07) is 8.41. The van der Waals surface area contributed by atoms with Crippen molar-refractivity contribution in [1.82, 2.24) is 10.2 Å². The molecule has 2 unspecified atom stereocenters. The second kappa shape index (κ2) is 7.09. The van der Waals surface area contributed by atoms with Crippen LogP contribution in [-0.4, -0.2) is 36.5 Å². The molecule has 0 aliphatic carbocycles. The van der Waals surface area contributed by atoms with Crippen LogP contribution in [0.5, 0.6) is 0 Å². The van der Waals surface area contributed by atoms with Crippen LogP contribution in [0.15, 0.2) is 24.3 Å². The van der Waals surface area contributed by atoms with Gasteiger partial charge in [-0.25, -0.2) is 0 Å². The lowest BCUT2D eigenvalue weighted by Crippen LogP contribution is -2.39. The predicted molar refractivity (Wildman–Crippen MR) is 83.0 cm³/mol. The number of carbonyl (C=O) groups excluding carboxylic acids is 1. The summed E-state index contributed by atoms with van der Waals surface area (Å²) < 4.78 is 0. The van der Waals surface area contributed by atoms with Gasteiger partial charge in [-0.2, -0.15) is 0 Å². The Morgan fingerprint density at radius 2 is 2.15 bits per heavy atom. The number of amides is 1. The van der Waals surface area contributed by atoms with Gasteiger partial charge >= 0.3 is 0 Å². The third kappa shape index (κ3) is 4.22. The van der Waals surface area contributed by atoms with Gasteiger partial charge in [0.2, 0.25) is 5.91 Å². The second-order valence-electron chi connectivity index (χ2n) is 5.68. The monoisotopic (exact) mass is 294 g/mol. The van der Waals surface area contributed by atoms with E-state index in [2.05, 4.69) is 12.2 Å². The zero-order valence-electron chi connectivity index (χ0n) is 12.2. The number of hydrogen-bond donors (Lipinski definition) is 1. The molecule has 1 aliphatic rings. The lowest BCUT2D eigenvalue weighted by atomic mass is 10.1. The van der Waals surface area contributed by atoms with Crippen molar-refractivity contribution in [1.29, 1.82) is 0 Å². The minimum absolute atomic E-state index is 0.199. The molecule has 0 bridgehead atoms. The van der Waals surface area contributed by atoms with E-state index in [1.54, 1.807) is 0 Å². The Hall–Kier alpha value is -1.06. The van der Waals surface area contributed by atoms with Crippen molar-refractivity contribution in [3.63, 3.8) is 0 Å². The zero-order valence-corrected chi connectivity index (χ0v) is 13.0. The third-order valence-electron chi connectivity index (χ3n) is 4.08. The molecule has 0 aromatic heterocycles. The molecule has 1 saturated heterocycles. The van der Waals surface area contributed by atoms with Crippen LogP contribution in [0, 0.1) is 0 Å². The van der Waals surface area contributed by atoms with E-state index in [9.17, 15) is 4.79 Å². The molecule has 20 heavy (non-hydrogen) atoms. The Kier molecular flexibility index (Phi) is 5.44. The summed E-state index contributed by atoms with van der Waals surface area (Å²) in [4.78, 5) is 14.1. The van der Waals surface area contributed by atoms with Gasteiger partial charge in [-0.15, -0.1) is 0 Å². The highest BCUT2D eigenvalue weighted by molar-refractivity contribution is 6.30. The first kappa shape index (κ1) is 15.3. The number of nitrogens with one attached hydrogen (secondary N) is 1. The van der Waals surface area contributed by atoms with Crippen LogP contribution in [0.1, 0.15) is 31.7 Å². The van der Waals surface area contributed by atoms with Crippen molar-refractivity contribution in [2.75, 3.05) is 13.6 Å². The molecular weight excluding hydrogens is 272 g/mol. The number of halogens is 1. The van der Waals surface area contributed by atoms with Gasteiger partial charge in [0.25, 0.3) is 0 Å². The van der Waals surface area contributed by atoms with Crippen LogP contribution in [-0.2, 0) is 11.2 Å². The molecule has 1 heterocycles. The first-order valence-corrected chi connectivity index (χ1v) is 7.67. The Balaban J connectivity index is 1.85. The van der Waals surface area contributed by atoms with Gasteiger partial charge in [0.15, 0.2) is 0 Å². The van der Waals surface area contributed by atoms with Crippen molar-refractivity contribution in [3.8, 4) is 0 Å². The molecule has 1 aromatic carbocycles. The molecule has 2 atom stereocenters. The number of hydrogen-bond acceptors (Lipinski definition) is 2. The summed E-state index contributed by atoms with van der Waals surface area (Å²) in [6.07, 6.45) is 3.77. The lowest BCUT2D eigenvalue weighted by molar-refractivity contribution is -0.132. The van der Waals surface area contributed by atoms with E-state index < -0.39 is 0 Å². The highest BCUT2D eigenvalue weighted by Gasteiger charge is 2.22. The van der Waals surface area contributed by atoms with Gasteiger partial charge < -0.3 is 10.2 Å². The van der Waals surface area contributed by atoms with Crippen LogP contribution in [0.4, 0.5) is 0 Å². The van der Waals surface area contributed by atoms with Crippen LogP contribution >= 0.6 is 11.6 Å². The minimum Gasteiger partial charge on any atom is -0.343 e. The molecule has 0 spiro atoms. The summed E-state index contributed by atoms with van der Waals surface area (Å²) in [5.74, 6) is 0.228. The van der Waals surface area contributed by atoms with Crippen molar-refractivity contribution in [2.45, 2.75) is 44.7 Å². The molecule has 2 rings (SSSR count). The van der Waals surface area contributed by atoms with Gasteiger partial charge in [0.1, 0.15) is 0 Å². The van der Waals surface area contributed by atoms with Gasteiger partial charge in [-0.1, -0.05) is 23.7 Å². The Labute approximate surface area is 126 Å². The maximum absolute atomic E-state index is 12.2. The van der Waals surface area contributed by atoms with Crippen molar-refractivity contribution in [3.05, 3.63) is 34.9 Å². The molecule has 0 saturated carbocycles. The number of likely N-dealkylation sites (N-methyl/N-ethyl adjacent to an activating group) is 1. The molecule has 1 amide bonds. The fourth-order valence-electron chi connectivity index (χ4n) is 2.63. The number of rotatable bonds is 5. The zero-order chi connectivity index (χ0) is 14.5.